The molecule has 2 atom stereocenters. The summed E-state index contributed by atoms with van der Waals surface area (Å²) in [6, 6.07) is 0. The van der Waals surface area contributed by atoms with Crippen LogP contribution in [0, 0.1) is 0 Å². The van der Waals surface area contributed by atoms with Crippen molar-refractivity contribution in [1.82, 2.24) is 0 Å². The minimum absolute atomic E-state index is 0.0906. The maximum Gasteiger partial charge on any atom is 0.211 e. The first-order valence-electron chi connectivity index (χ1n) is 4.35. The van der Waals surface area contributed by atoms with Gasteiger partial charge in [0, 0.05) is 0 Å². The lowest BCUT2D eigenvalue weighted by Crippen LogP contribution is -2.26. The molecule has 3 nitrogen and oxygen atoms in total. The average molecular weight is 200 g/mol. The molecule has 0 unspecified atom stereocenters. The summed E-state index contributed by atoms with van der Waals surface area (Å²) in [7, 11) is 0. The Hall–Kier alpha value is -0.480. The fourth-order valence-electron chi connectivity index (χ4n) is 1.56. The number of Topliss-reactive ketones (excluding diaryl/α,β-unsaturated/α-hetero) is 1. The topological polar surface area (TPSA) is 35.5 Å². The molecule has 2 heterocycles. The summed E-state index contributed by atoms with van der Waals surface area (Å²) in [5.74, 6) is 0.800. The summed E-state index contributed by atoms with van der Waals surface area (Å²) in [5.41, 5.74) is 0. The van der Waals surface area contributed by atoms with Crippen molar-refractivity contribution in [2.24, 2.45) is 0 Å². The van der Waals surface area contributed by atoms with Gasteiger partial charge in [-0.25, -0.2) is 0 Å². The summed E-state index contributed by atoms with van der Waals surface area (Å²) >= 11 is 1.60. The maximum absolute atomic E-state index is 11.2. The van der Waals surface area contributed by atoms with Crippen LogP contribution >= 0.6 is 11.8 Å². The Morgan fingerprint density at radius 1 is 1.62 bits per heavy atom. The third-order valence-corrected chi connectivity index (χ3v) is 3.76. The molecule has 0 amide bonds. The number of rotatable bonds is 1. The van der Waals surface area contributed by atoms with E-state index < -0.39 is 0 Å². The highest BCUT2D eigenvalue weighted by Gasteiger charge is 2.36. The van der Waals surface area contributed by atoms with Crippen LogP contribution in [0.1, 0.15) is 20.3 Å². The van der Waals surface area contributed by atoms with Crippen molar-refractivity contribution >= 4 is 17.5 Å². The highest BCUT2D eigenvalue weighted by molar-refractivity contribution is 8.04. The van der Waals surface area contributed by atoms with Crippen molar-refractivity contribution in [3.63, 3.8) is 0 Å². The Morgan fingerprint density at radius 2 is 2.38 bits per heavy atom. The number of carbonyl (C=O) groups is 1. The number of allylic oxidation sites excluding steroid dienone is 2. The van der Waals surface area contributed by atoms with Crippen molar-refractivity contribution < 1.29 is 14.3 Å². The van der Waals surface area contributed by atoms with Gasteiger partial charge < -0.3 is 9.47 Å². The lowest BCUT2D eigenvalue weighted by atomic mass is 10.3. The van der Waals surface area contributed by atoms with Crippen molar-refractivity contribution in [3.8, 4) is 0 Å². The van der Waals surface area contributed by atoms with Crippen LogP contribution in [0.5, 0.6) is 0 Å². The van der Waals surface area contributed by atoms with Crippen molar-refractivity contribution in [2.75, 3.05) is 6.61 Å². The molecule has 13 heavy (non-hydrogen) atoms. The normalized spacial score (nSPS) is 32.8. The van der Waals surface area contributed by atoms with Crippen LogP contribution in [0.2, 0.25) is 0 Å². The zero-order valence-corrected chi connectivity index (χ0v) is 8.52. The maximum atomic E-state index is 11.2. The molecule has 0 bridgehead atoms. The van der Waals surface area contributed by atoms with Gasteiger partial charge in [0.05, 0.1) is 16.8 Å². The zero-order chi connectivity index (χ0) is 9.42. The van der Waals surface area contributed by atoms with Gasteiger partial charge in [0.15, 0.2) is 5.78 Å². The second kappa shape index (κ2) is 3.35. The molecule has 4 heteroatoms. The first-order valence-corrected chi connectivity index (χ1v) is 5.23. The van der Waals surface area contributed by atoms with Crippen molar-refractivity contribution in [1.29, 1.82) is 0 Å². The zero-order valence-electron chi connectivity index (χ0n) is 7.70. The molecule has 0 aromatic heterocycles. The lowest BCUT2D eigenvalue weighted by molar-refractivity contribution is -0.114. The van der Waals surface area contributed by atoms with Crippen LogP contribution in [0.15, 0.2) is 10.7 Å². The van der Waals surface area contributed by atoms with Gasteiger partial charge in [-0.05, 0) is 20.3 Å². The molecule has 0 aliphatic carbocycles. The van der Waals surface area contributed by atoms with Gasteiger partial charge >= 0.3 is 0 Å². The number of ketones is 1. The second-order valence-electron chi connectivity index (χ2n) is 3.24. The summed E-state index contributed by atoms with van der Waals surface area (Å²) in [5, 5.41) is 0.308. The third kappa shape index (κ3) is 1.60. The van der Waals surface area contributed by atoms with E-state index in [1.165, 1.54) is 0 Å². The molecule has 1 saturated heterocycles. The molecule has 72 valence electrons. The Kier molecular flexibility index (Phi) is 2.34. The molecule has 0 radical (unpaired) electrons. The van der Waals surface area contributed by atoms with Gasteiger partial charge in [0.25, 0.3) is 0 Å². The minimum atomic E-state index is -0.131. The smallest absolute Gasteiger partial charge is 0.211 e. The molecule has 0 aromatic rings. The van der Waals surface area contributed by atoms with Crippen LogP contribution in [0.25, 0.3) is 0 Å². The third-order valence-electron chi connectivity index (χ3n) is 2.19. The highest BCUT2D eigenvalue weighted by Crippen LogP contribution is 2.39. The molecular weight excluding hydrogens is 188 g/mol. The van der Waals surface area contributed by atoms with E-state index in [0.717, 1.165) is 17.9 Å². The molecule has 1 fully saturated rings. The quantitative estimate of drug-likeness (QED) is 0.645. The Labute approximate surface area is 81.5 Å². The van der Waals surface area contributed by atoms with Crippen LogP contribution in [0.4, 0.5) is 0 Å². The predicted octanol–water partition coefficient (Wildman–Crippen LogP) is 1.69. The fraction of sp³-hybridized carbons (Fsp3) is 0.667. The molecule has 2 rings (SSSR count). The SMILES string of the molecule is CC(=O)C1=C(C)O[C@H]2OCC[C@H]2S1. The largest absolute Gasteiger partial charge is 0.467 e. The first-order chi connectivity index (χ1) is 6.18. The average Bonchev–Trinajstić information content (AvgIpc) is 2.48. The van der Waals surface area contributed by atoms with Crippen LogP contribution in [-0.4, -0.2) is 23.9 Å². The predicted molar refractivity (Wildman–Crippen MR) is 50.2 cm³/mol. The number of hydrogen-bond donors (Lipinski definition) is 0. The molecular formula is C9H12O3S. The van der Waals surface area contributed by atoms with Crippen LogP contribution in [0.3, 0.4) is 0 Å². The van der Waals surface area contributed by atoms with Gasteiger partial charge in [-0.3, -0.25) is 4.79 Å². The summed E-state index contributed by atoms with van der Waals surface area (Å²) in [4.78, 5) is 12.0. The number of fused-ring (bicyclic) bond motifs is 1. The number of hydrogen-bond acceptors (Lipinski definition) is 4. The van der Waals surface area contributed by atoms with E-state index in [4.69, 9.17) is 9.47 Å². The molecule has 0 aromatic carbocycles. The van der Waals surface area contributed by atoms with Crippen molar-refractivity contribution in [2.45, 2.75) is 31.8 Å². The van der Waals surface area contributed by atoms with Gasteiger partial charge in [-0.1, -0.05) is 0 Å². The number of thioether (sulfide) groups is 1. The lowest BCUT2D eigenvalue weighted by Gasteiger charge is -2.26. The van der Waals surface area contributed by atoms with Crippen molar-refractivity contribution in [3.05, 3.63) is 10.7 Å². The van der Waals surface area contributed by atoms with Gasteiger partial charge in [-0.2, -0.15) is 0 Å². The van der Waals surface area contributed by atoms with E-state index in [0.29, 0.717) is 11.0 Å². The number of carbonyl (C=O) groups excluding carboxylic acids is 1. The molecule has 0 spiro atoms. The Morgan fingerprint density at radius 3 is 3.08 bits per heavy atom. The Balaban J connectivity index is 2.20. The Bertz CT molecular complexity index is 272. The monoisotopic (exact) mass is 200 g/mol. The minimum Gasteiger partial charge on any atom is -0.467 e. The van der Waals surface area contributed by atoms with E-state index in [1.54, 1.807) is 18.7 Å². The highest BCUT2D eigenvalue weighted by atomic mass is 32.2. The van der Waals surface area contributed by atoms with Crippen LogP contribution in [-0.2, 0) is 14.3 Å². The molecule has 2 aliphatic heterocycles. The summed E-state index contributed by atoms with van der Waals surface area (Å²) < 4.78 is 10.9. The van der Waals surface area contributed by atoms with E-state index in [2.05, 4.69) is 0 Å². The van der Waals surface area contributed by atoms with Gasteiger partial charge in [0.1, 0.15) is 5.76 Å². The number of ether oxygens (including phenoxy) is 2. The molecule has 0 saturated carbocycles. The van der Waals surface area contributed by atoms with Gasteiger partial charge in [-0.15, -0.1) is 11.8 Å². The fourth-order valence-corrected chi connectivity index (χ4v) is 2.70. The first kappa shape index (κ1) is 9.09. The standard InChI is InChI=1S/C9H12O3S/c1-5(10)8-6(2)12-9-7(13-8)3-4-11-9/h7,9H,3-4H2,1-2H3/t7-,9-/m1/s1. The van der Waals surface area contributed by atoms with E-state index in [-0.39, 0.29) is 12.1 Å². The van der Waals surface area contributed by atoms with E-state index in [9.17, 15) is 4.79 Å². The summed E-state index contributed by atoms with van der Waals surface area (Å²) in [6.07, 6.45) is 0.840. The molecule has 2 aliphatic rings. The summed E-state index contributed by atoms with van der Waals surface area (Å²) in [6.45, 7) is 4.13. The van der Waals surface area contributed by atoms with E-state index >= 15 is 0 Å². The van der Waals surface area contributed by atoms with E-state index in [1.807, 2.05) is 6.92 Å². The second-order valence-corrected chi connectivity index (χ2v) is 4.49. The van der Waals surface area contributed by atoms with Crippen LogP contribution < -0.4 is 0 Å². The van der Waals surface area contributed by atoms with Gasteiger partial charge in [0.2, 0.25) is 6.29 Å². The molecule has 0 N–H and O–H groups in total.